The molecule has 0 bridgehead atoms. The lowest BCUT2D eigenvalue weighted by atomic mass is 10.1. The van der Waals surface area contributed by atoms with Crippen LogP contribution in [0.2, 0.25) is 0 Å². The molecule has 1 aliphatic rings. The molecule has 8 heteroatoms. The molecule has 2 aromatic carbocycles. The summed E-state index contributed by atoms with van der Waals surface area (Å²) >= 11 is 0. The molecule has 7 nitrogen and oxygen atoms in total. The predicted molar refractivity (Wildman–Crippen MR) is 121 cm³/mol. The zero-order valence-corrected chi connectivity index (χ0v) is 18.2. The Morgan fingerprint density at radius 1 is 0.968 bits per heavy atom. The molecule has 160 valence electrons. The quantitative estimate of drug-likeness (QED) is 0.473. The summed E-state index contributed by atoms with van der Waals surface area (Å²) in [5.41, 5.74) is 3.35. The Balaban J connectivity index is 1.37. The molecule has 1 fully saturated rings. The van der Waals surface area contributed by atoms with Crippen molar-refractivity contribution in [1.82, 2.24) is 14.3 Å². The topological polar surface area (TPSA) is 79.5 Å². The van der Waals surface area contributed by atoms with Gasteiger partial charge in [-0.05, 0) is 36.2 Å². The number of piperazine rings is 1. The third-order valence-electron chi connectivity index (χ3n) is 5.78. The minimum atomic E-state index is -3.51. The third-order valence-corrected chi connectivity index (χ3v) is 7.69. The van der Waals surface area contributed by atoms with Crippen LogP contribution in [-0.4, -0.2) is 48.9 Å². The van der Waals surface area contributed by atoms with Crippen LogP contribution in [0.15, 0.2) is 64.2 Å². The van der Waals surface area contributed by atoms with Crippen molar-refractivity contribution in [3.8, 4) is 0 Å². The van der Waals surface area contributed by atoms with E-state index in [2.05, 4.69) is 21.8 Å². The van der Waals surface area contributed by atoms with Gasteiger partial charge in [0, 0.05) is 31.6 Å². The first-order valence-electron chi connectivity index (χ1n) is 10.5. The van der Waals surface area contributed by atoms with Gasteiger partial charge in [-0.2, -0.15) is 4.31 Å². The fourth-order valence-corrected chi connectivity index (χ4v) is 5.57. The van der Waals surface area contributed by atoms with E-state index in [1.165, 1.54) is 0 Å². The van der Waals surface area contributed by atoms with Crippen LogP contribution in [-0.2, 0) is 16.4 Å². The predicted octanol–water partition coefficient (Wildman–Crippen LogP) is 3.84. The second kappa shape index (κ2) is 7.94. The second-order valence-corrected chi connectivity index (χ2v) is 9.70. The molecule has 0 saturated carbocycles. The number of furan rings is 1. The van der Waals surface area contributed by atoms with Crippen molar-refractivity contribution in [2.45, 2.75) is 24.7 Å². The number of nitrogens with zero attached hydrogens (tertiary/aromatic N) is 4. The fraction of sp³-hybridized carbons (Fsp3) is 0.304. The van der Waals surface area contributed by atoms with E-state index in [-0.39, 0.29) is 0 Å². The van der Waals surface area contributed by atoms with E-state index in [4.69, 9.17) is 4.42 Å². The monoisotopic (exact) mass is 436 g/mol. The van der Waals surface area contributed by atoms with Crippen LogP contribution in [0.1, 0.15) is 18.9 Å². The van der Waals surface area contributed by atoms with Crippen molar-refractivity contribution in [2.24, 2.45) is 0 Å². The van der Waals surface area contributed by atoms with Crippen LogP contribution in [0.3, 0.4) is 0 Å². The highest BCUT2D eigenvalue weighted by molar-refractivity contribution is 7.89. The van der Waals surface area contributed by atoms with Gasteiger partial charge in [0.1, 0.15) is 17.4 Å². The number of aryl methyl sites for hydroxylation is 1. The van der Waals surface area contributed by atoms with Crippen molar-refractivity contribution >= 4 is 37.9 Å². The lowest BCUT2D eigenvalue weighted by Gasteiger charge is -2.34. The average Bonchev–Trinajstić information content (AvgIpc) is 3.19. The molecule has 0 unspecified atom stereocenters. The Morgan fingerprint density at radius 3 is 2.45 bits per heavy atom. The molecule has 1 aliphatic heterocycles. The number of benzene rings is 2. The number of anilines is 1. The summed E-state index contributed by atoms with van der Waals surface area (Å²) in [4.78, 5) is 11.3. The highest BCUT2D eigenvalue weighted by atomic mass is 32.2. The number of para-hydroxylation sites is 1. The maximum absolute atomic E-state index is 13.1. The Labute approximate surface area is 181 Å². The van der Waals surface area contributed by atoms with Gasteiger partial charge >= 0.3 is 0 Å². The normalized spacial score (nSPS) is 15.7. The Kier molecular flexibility index (Phi) is 5.11. The first-order chi connectivity index (χ1) is 15.1. The first-order valence-corrected chi connectivity index (χ1v) is 12.0. The lowest BCUT2D eigenvalue weighted by Crippen LogP contribution is -2.49. The van der Waals surface area contributed by atoms with Gasteiger partial charge in [0.2, 0.25) is 10.0 Å². The summed E-state index contributed by atoms with van der Waals surface area (Å²) in [5, 5.41) is 0.953. The average molecular weight is 437 g/mol. The molecule has 0 atom stereocenters. The lowest BCUT2D eigenvalue weighted by molar-refractivity contribution is 0.383. The fourth-order valence-electron chi connectivity index (χ4n) is 4.14. The molecule has 0 spiro atoms. The van der Waals surface area contributed by atoms with Crippen molar-refractivity contribution < 1.29 is 12.8 Å². The number of hydrogen-bond acceptors (Lipinski definition) is 6. The minimum Gasteiger partial charge on any atom is -0.450 e. The standard InChI is InChI=1S/C23H24N4O3S/c1-2-5-17-8-10-18(11-9-17)31(28,29)27-14-12-26(13-15-27)23-22-21(24-16-25-23)19-6-3-4-7-20(19)30-22/h3-4,6-11,16H,2,5,12-15H2,1H3. The van der Waals surface area contributed by atoms with E-state index < -0.39 is 10.0 Å². The van der Waals surface area contributed by atoms with Gasteiger partial charge in [0.05, 0.1) is 4.90 Å². The largest absolute Gasteiger partial charge is 0.450 e. The van der Waals surface area contributed by atoms with Crippen molar-refractivity contribution in [2.75, 3.05) is 31.1 Å². The van der Waals surface area contributed by atoms with E-state index in [0.717, 1.165) is 34.9 Å². The van der Waals surface area contributed by atoms with E-state index in [0.29, 0.717) is 42.5 Å². The van der Waals surface area contributed by atoms with Crippen LogP contribution >= 0.6 is 0 Å². The van der Waals surface area contributed by atoms with Crippen LogP contribution in [0.4, 0.5) is 5.82 Å². The highest BCUT2D eigenvalue weighted by Gasteiger charge is 2.30. The molecule has 0 N–H and O–H groups in total. The van der Waals surface area contributed by atoms with E-state index in [1.54, 1.807) is 22.8 Å². The molecular weight excluding hydrogens is 412 g/mol. The maximum atomic E-state index is 13.1. The van der Waals surface area contributed by atoms with Gasteiger partial charge in [-0.1, -0.05) is 37.6 Å². The third kappa shape index (κ3) is 3.55. The molecule has 0 aliphatic carbocycles. The van der Waals surface area contributed by atoms with E-state index in [1.807, 2.05) is 36.4 Å². The summed E-state index contributed by atoms with van der Waals surface area (Å²) in [6.07, 6.45) is 3.53. The van der Waals surface area contributed by atoms with Crippen LogP contribution in [0.25, 0.3) is 22.1 Å². The van der Waals surface area contributed by atoms with Crippen molar-refractivity contribution in [3.05, 3.63) is 60.4 Å². The van der Waals surface area contributed by atoms with Crippen molar-refractivity contribution in [1.29, 1.82) is 0 Å². The number of rotatable bonds is 5. The van der Waals surface area contributed by atoms with Gasteiger partial charge in [0.25, 0.3) is 0 Å². The molecule has 5 rings (SSSR count). The number of fused-ring (bicyclic) bond motifs is 3. The van der Waals surface area contributed by atoms with E-state index in [9.17, 15) is 8.42 Å². The van der Waals surface area contributed by atoms with Gasteiger partial charge < -0.3 is 9.32 Å². The zero-order chi connectivity index (χ0) is 21.4. The summed E-state index contributed by atoms with van der Waals surface area (Å²) < 4.78 is 33.8. The van der Waals surface area contributed by atoms with Gasteiger partial charge in [-0.15, -0.1) is 0 Å². The Morgan fingerprint density at radius 2 is 1.71 bits per heavy atom. The Hall–Kier alpha value is -2.97. The minimum absolute atomic E-state index is 0.350. The van der Waals surface area contributed by atoms with Crippen LogP contribution < -0.4 is 4.90 Å². The van der Waals surface area contributed by atoms with Gasteiger partial charge in [0.15, 0.2) is 11.4 Å². The molecule has 31 heavy (non-hydrogen) atoms. The molecule has 4 aromatic rings. The number of aromatic nitrogens is 2. The number of hydrogen-bond donors (Lipinski definition) is 0. The summed E-state index contributed by atoms with van der Waals surface area (Å²) in [6.45, 7) is 3.98. The summed E-state index contributed by atoms with van der Waals surface area (Å²) in [5.74, 6) is 0.710. The molecule has 3 heterocycles. The molecule has 0 amide bonds. The first kappa shape index (κ1) is 20.0. The van der Waals surface area contributed by atoms with Crippen LogP contribution in [0, 0.1) is 0 Å². The highest BCUT2D eigenvalue weighted by Crippen LogP contribution is 2.32. The van der Waals surface area contributed by atoms with Crippen molar-refractivity contribution in [3.63, 3.8) is 0 Å². The van der Waals surface area contributed by atoms with Gasteiger partial charge in [-0.3, -0.25) is 0 Å². The maximum Gasteiger partial charge on any atom is 0.243 e. The van der Waals surface area contributed by atoms with E-state index >= 15 is 0 Å². The molecule has 2 aromatic heterocycles. The molecular formula is C23H24N4O3S. The summed E-state index contributed by atoms with van der Waals surface area (Å²) in [6, 6.07) is 15.0. The smallest absolute Gasteiger partial charge is 0.243 e. The SMILES string of the molecule is CCCc1ccc(S(=O)(=O)N2CCN(c3ncnc4c3oc3ccccc34)CC2)cc1. The summed E-state index contributed by atoms with van der Waals surface area (Å²) in [7, 11) is -3.51. The molecule has 0 radical (unpaired) electrons. The second-order valence-electron chi connectivity index (χ2n) is 7.76. The molecule has 1 saturated heterocycles. The van der Waals surface area contributed by atoms with Crippen LogP contribution in [0.5, 0.6) is 0 Å². The number of sulfonamides is 1. The van der Waals surface area contributed by atoms with Gasteiger partial charge in [-0.25, -0.2) is 18.4 Å². The zero-order valence-electron chi connectivity index (χ0n) is 17.4. The Bertz CT molecular complexity index is 1320.